The van der Waals surface area contributed by atoms with Crippen molar-refractivity contribution in [1.82, 2.24) is 0 Å². The third-order valence-electron chi connectivity index (χ3n) is 4.52. The number of carbonyl (C=O) groups is 2. The van der Waals surface area contributed by atoms with E-state index >= 15 is 0 Å². The minimum absolute atomic E-state index is 0.0261. The summed E-state index contributed by atoms with van der Waals surface area (Å²) in [6.45, 7) is 2.04. The number of ether oxygens (including phenoxy) is 1. The zero-order valence-corrected chi connectivity index (χ0v) is 13.5. The highest BCUT2D eigenvalue weighted by Crippen LogP contribution is 2.45. The van der Waals surface area contributed by atoms with Crippen LogP contribution in [-0.2, 0) is 9.53 Å². The summed E-state index contributed by atoms with van der Waals surface area (Å²) >= 11 is 0. The van der Waals surface area contributed by atoms with Gasteiger partial charge in [-0.1, -0.05) is 50.5 Å². The fourth-order valence-corrected chi connectivity index (χ4v) is 3.31. The van der Waals surface area contributed by atoms with Crippen molar-refractivity contribution in [1.29, 1.82) is 0 Å². The number of carbonyl (C=O) groups excluding carboxylic acids is 2. The van der Waals surface area contributed by atoms with Crippen molar-refractivity contribution < 1.29 is 23.1 Å². The van der Waals surface area contributed by atoms with Crippen LogP contribution in [0.4, 0.5) is 8.78 Å². The first-order valence-corrected chi connectivity index (χ1v) is 8.01. The van der Waals surface area contributed by atoms with Crippen molar-refractivity contribution >= 4 is 11.8 Å². The molecule has 1 aliphatic rings. The van der Waals surface area contributed by atoms with Gasteiger partial charge in [0.25, 0.3) is 0 Å². The van der Waals surface area contributed by atoms with Crippen LogP contribution in [-0.4, -0.2) is 24.8 Å². The van der Waals surface area contributed by atoms with Crippen LogP contribution in [0.1, 0.15) is 60.9 Å². The van der Waals surface area contributed by atoms with Gasteiger partial charge in [-0.15, -0.1) is 0 Å². The number of ketones is 1. The van der Waals surface area contributed by atoms with Crippen LogP contribution in [0, 0.1) is 5.92 Å². The number of methoxy groups -OCH3 is 1. The molecule has 2 atom stereocenters. The summed E-state index contributed by atoms with van der Waals surface area (Å²) in [5.74, 6) is -6.40. The number of hydrogen-bond acceptors (Lipinski definition) is 3. The molecule has 0 amide bonds. The molecular formula is C18H22F2O3. The van der Waals surface area contributed by atoms with E-state index in [0.717, 1.165) is 19.3 Å². The van der Waals surface area contributed by atoms with Gasteiger partial charge in [0.1, 0.15) is 0 Å². The van der Waals surface area contributed by atoms with E-state index in [4.69, 9.17) is 4.74 Å². The SMILES string of the molecule is CCCCCC(C(=O)OC)C1CC(F)(F)C(=O)c2ccccc21. The summed E-state index contributed by atoms with van der Waals surface area (Å²) in [6, 6.07) is 6.36. The second-order valence-corrected chi connectivity index (χ2v) is 6.06. The zero-order chi connectivity index (χ0) is 17.0. The third-order valence-corrected chi connectivity index (χ3v) is 4.52. The molecule has 0 radical (unpaired) electrons. The Hall–Kier alpha value is -1.78. The van der Waals surface area contributed by atoms with Crippen LogP contribution in [0.5, 0.6) is 0 Å². The van der Waals surface area contributed by atoms with Gasteiger partial charge in [0.15, 0.2) is 0 Å². The van der Waals surface area contributed by atoms with Crippen molar-refractivity contribution in [2.45, 2.75) is 50.9 Å². The Balaban J connectivity index is 2.39. The van der Waals surface area contributed by atoms with Crippen LogP contribution in [0.25, 0.3) is 0 Å². The molecule has 1 aromatic carbocycles. The number of unbranched alkanes of at least 4 members (excludes halogenated alkanes) is 2. The summed E-state index contributed by atoms with van der Waals surface area (Å²) in [7, 11) is 1.27. The highest BCUT2D eigenvalue weighted by Gasteiger charge is 2.50. The number of fused-ring (bicyclic) bond motifs is 1. The lowest BCUT2D eigenvalue weighted by molar-refractivity contribution is -0.147. The molecule has 0 saturated carbocycles. The maximum absolute atomic E-state index is 14.1. The fourth-order valence-electron chi connectivity index (χ4n) is 3.31. The van der Waals surface area contributed by atoms with Gasteiger partial charge >= 0.3 is 11.9 Å². The molecular weight excluding hydrogens is 302 g/mol. The number of benzene rings is 1. The van der Waals surface area contributed by atoms with Crippen molar-refractivity contribution in [3.8, 4) is 0 Å². The van der Waals surface area contributed by atoms with E-state index in [-0.39, 0.29) is 5.56 Å². The van der Waals surface area contributed by atoms with Crippen LogP contribution in [0.15, 0.2) is 24.3 Å². The van der Waals surface area contributed by atoms with Crippen LogP contribution in [0.2, 0.25) is 0 Å². The van der Waals surface area contributed by atoms with E-state index in [1.165, 1.54) is 13.2 Å². The Labute approximate surface area is 135 Å². The van der Waals surface area contributed by atoms with Crippen LogP contribution in [0.3, 0.4) is 0 Å². The second-order valence-electron chi connectivity index (χ2n) is 6.06. The van der Waals surface area contributed by atoms with E-state index in [1.807, 2.05) is 6.92 Å². The van der Waals surface area contributed by atoms with Crippen LogP contribution >= 0.6 is 0 Å². The predicted octanol–water partition coefficient (Wildman–Crippen LogP) is 4.36. The molecule has 1 aromatic rings. The first kappa shape index (κ1) is 17.6. The monoisotopic (exact) mass is 324 g/mol. The van der Waals surface area contributed by atoms with Gasteiger partial charge < -0.3 is 4.74 Å². The second kappa shape index (κ2) is 7.20. The number of esters is 1. The Kier molecular flexibility index (Phi) is 5.50. The highest BCUT2D eigenvalue weighted by atomic mass is 19.3. The van der Waals surface area contributed by atoms with Crippen molar-refractivity contribution in [3.05, 3.63) is 35.4 Å². The first-order valence-electron chi connectivity index (χ1n) is 8.01. The predicted molar refractivity (Wildman–Crippen MR) is 82.7 cm³/mol. The number of halogens is 2. The van der Waals surface area contributed by atoms with Crippen molar-refractivity contribution in [2.24, 2.45) is 5.92 Å². The largest absolute Gasteiger partial charge is 0.469 e. The van der Waals surface area contributed by atoms with E-state index in [1.54, 1.807) is 18.2 Å². The van der Waals surface area contributed by atoms with Gasteiger partial charge in [0.05, 0.1) is 13.0 Å². The molecule has 1 aliphatic carbocycles. The molecule has 0 N–H and O–H groups in total. The van der Waals surface area contributed by atoms with E-state index in [9.17, 15) is 18.4 Å². The zero-order valence-electron chi connectivity index (χ0n) is 13.5. The minimum Gasteiger partial charge on any atom is -0.469 e. The molecule has 0 aromatic heterocycles. The quantitative estimate of drug-likeness (QED) is 0.577. The molecule has 0 spiro atoms. The van der Waals surface area contributed by atoms with E-state index in [2.05, 4.69) is 0 Å². The van der Waals surface area contributed by atoms with E-state index < -0.39 is 35.9 Å². The lowest BCUT2D eigenvalue weighted by Crippen LogP contribution is -2.40. The number of Topliss-reactive ketones (excluding diaryl/α,β-unsaturated/α-hetero) is 1. The summed E-state index contributed by atoms with van der Waals surface area (Å²) in [4.78, 5) is 24.1. The average molecular weight is 324 g/mol. The van der Waals surface area contributed by atoms with Gasteiger partial charge in [0.2, 0.25) is 5.78 Å². The molecule has 5 heteroatoms. The molecule has 0 saturated heterocycles. The lowest BCUT2D eigenvalue weighted by Gasteiger charge is -2.34. The number of alkyl halides is 2. The minimum atomic E-state index is -3.43. The topological polar surface area (TPSA) is 43.4 Å². The third kappa shape index (κ3) is 3.59. The lowest BCUT2D eigenvalue weighted by atomic mass is 9.72. The molecule has 0 bridgehead atoms. The van der Waals surface area contributed by atoms with E-state index in [0.29, 0.717) is 12.0 Å². The van der Waals surface area contributed by atoms with Crippen molar-refractivity contribution in [2.75, 3.05) is 7.11 Å². The molecule has 0 fully saturated rings. The Morgan fingerprint density at radius 2 is 2.04 bits per heavy atom. The highest BCUT2D eigenvalue weighted by molar-refractivity contribution is 6.04. The molecule has 3 nitrogen and oxygen atoms in total. The molecule has 2 unspecified atom stereocenters. The summed E-state index contributed by atoms with van der Waals surface area (Å²) in [6.07, 6.45) is 2.54. The summed E-state index contributed by atoms with van der Waals surface area (Å²) in [5.41, 5.74) is 0.563. The Morgan fingerprint density at radius 3 is 2.70 bits per heavy atom. The number of rotatable bonds is 6. The van der Waals surface area contributed by atoms with Gasteiger partial charge in [-0.05, 0) is 12.0 Å². The maximum atomic E-state index is 14.1. The normalized spacial score (nSPS) is 20.7. The fraction of sp³-hybridized carbons (Fsp3) is 0.556. The Bertz CT molecular complexity index is 583. The first-order chi connectivity index (χ1) is 10.9. The summed E-state index contributed by atoms with van der Waals surface area (Å²) in [5, 5.41) is 0. The average Bonchev–Trinajstić information content (AvgIpc) is 2.55. The molecule has 0 heterocycles. The van der Waals surface area contributed by atoms with Crippen molar-refractivity contribution in [3.63, 3.8) is 0 Å². The summed E-state index contributed by atoms with van der Waals surface area (Å²) < 4.78 is 33.1. The van der Waals surface area contributed by atoms with Crippen LogP contribution < -0.4 is 0 Å². The molecule has 2 rings (SSSR count). The van der Waals surface area contributed by atoms with Gasteiger partial charge in [-0.3, -0.25) is 9.59 Å². The molecule has 23 heavy (non-hydrogen) atoms. The Morgan fingerprint density at radius 1 is 1.35 bits per heavy atom. The van der Waals surface area contributed by atoms with Gasteiger partial charge in [-0.25, -0.2) is 0 Å². The number of hydrogen-bond donors (Lipinski definition) is 0. The van der Waals surface area contributed by atoms with Gasteiger partial charge in [0, 0.05) is 17.9 Å². The van der Waals surface area contributed by atoms with Gasteiger partial charge in [-0.2, -0.15) is 8.78 Å². The standard InChI is InChI=1S/C18H22F2O3/c1-3-4-5-10-14(17(22)23-2)15-11-18(19,20)16(21)13-9-7-6-8-12(13)15/h6-9,14-15H,3-5,10-11H2,1-2H3. The smallest absolute Gasteiger partial charge is 0.310 e. The molecule has 0 aliphatic heterocycles. The maximum Gasteiger partial charge on any atom is 0.310 e. The molecule has 126 valence electrons.